The van der Waals surface area contributed by atoms with E-state index in [0.717, 1.165) is 39.2 Å². The molecular formula is C47H51ClF3N5O7S2. The average molecular weight is 955 g/mol. The number of carbonyl (C=O) groups is 4. The molecule has 0 saturated carbocycles. The SMILES string of the molecule is CCC(CC)N(CCN(C)C(=O)CCC(=O)OCc1ccccc1)S(=O)(=O)c1cccc(C(=O)Nc2sc3c(c2C(=O)c2cnn(-c4ccc(Cl)c(C(F)(F)F)c4)c2)CCC(C)(C)C3)c1. The number of hydrogen-bond donors (Lipinski definition) is 1. The molecule has 2 aromatic heterocycles. The molecule has 0 bridgehead atoms. The molecule has 0 spiro atoms. The van der Waals surface area contributed by atoms with Crippen molar-refractivity contribution >= 4 is 61.5 Å². The molecule has 3 aromatic carbocycles. The van der Waals surface area contributed by atoms with Gasteiger partial charge in [0.05, 0.1) is 44.9 Å². The number of ketones is 1. The Morgan fingerprint density at radius 2 is 1.69 bits per heavy atom. The number of sulfonamides is 1. The molecule has 12 nitrogen and oxygen atoms in total. The first-order chi connectivity index (χ1) is 30.7. The monoisotopic (exact) mass is 953 g/mol. The minimum atomic E-state index is -4.71. The second-order valence-electron chi connectivity index (χ2n) is 16.7. The Morgan fingerprint density at radius 3 is 2.38 bits per heavy atom. The number of ether oxygens (including phenoxy) is 1. The molecule has 1 aliphatic carbocycles. The summed E-state index contributed by atoms with van der Waals surface area (Å²) in [5.41, 5.74) is 0.823. The number of nitrogens with zero attached hydrogens (tertiary/aromatic N) is 4. The van der Waals surface area contributed by atoms with Crippen LogP contribution in [0.4, 0.5) is 18.2 Å². The fraction of sp³-hybridized carbons (Fsp3) is 0.383. The highest BCUT2D eigenvalue weighted by Crippen LogP contribution is 2.45. The zero-order valence-electron chi connectivity index (χ0n) is 36.7. The van der Waals surface area contributed by atoms with Crippen molar-refractivity contribution in [3.05, 3.63) is 128 Å². The van der Waals surface area contributed by atoms with Crippen LogP contribution in [-0.2, 0) is 50.0 Å². The second kappa shape index (κ2) is 20.4. The Balaban J connectivity index is 1.19. The molecule has 5 aromatic rings. The number of rotatable bonds is 18. The van der Waals surface area contributed by atoms with Crippen molar-refractivity contribution in [2.45, 2.75) is 96.4 Å². The number of likely N-dealkylation sites (N-methyl/N-ethyl adjacent to an activating group) is 1. The lowest BCUT2D eigenvalue weighted by Crippen LogP contribution is -2.44. The number of amides is 2. The molecule has 346 valence electrons. The van der Waals surface area contributed by atoms with Gasteiger partial charge in [-0.2, -0.15) is 22.6 Å². The van der Waals surface area contributed by atoms with Crippen LogP contribution in [0, 0.1) is 5.41 Å². The van der Waals surface area contributed by atoms with Crippen LogP contribution in [0.15, 0.2) is 90.1 Å². The van der Waals surface area contributed by atoms with Gasteiger partial charge in [0.2, 0.25) is 15.9 Å². The Bertz CT molecular complexity index is 2660. The van der Waals surface area contributed by atoms with E-state index < -0.39 is 50.5 Å². The zero-order valence-corrected chi connectivity index (χ0v) is 39.1. The first kappa shape index (κ1) is 49.1. The zero-order chi connectivity index (χ0) is 47.3. The predicted octanol–water partition coefficient (Wildman–Crippen LogP) is 9.77. The maximum Gasteiger partial charge on any atom is 0.417 e. The molecule has 0 aliphatic heterocycles. The van der Waals surface area contributed by atoms with Crippen molar-refractivity contribution in [3.63, 3.8) is 0 Å². The van der Waals surface area contributed by atoms with E-state index in [1.54, 1.807) is 7.05 Å². The predicted molar refractivity (Wildman–Crippen MR) is 243 cm³/mol. The molecule has 0 saturated heterocycles. The van der Waals surface area contributed by atoms with Crippen molar-refractivity contribution in [1.29, 1.82) is 0 Å². The van der Waals surface area contributed by atoms with Crippen molar-refractivity contribution in [2.75, 3.05) is 25.5 Å². The van der Waals surface area contributed by atoms with E-state index >= 15 is 0 Å². The van der Waals surface area contributed by atoms with Crippen LogP contribution in [0.3, 0.4) is 0 Å². The minimum absolute atomic E-state index is 0.0168. The number of hydrogen-bond acceptors (Lipinski definition) is 9. The number of alkyl halides is 3. The minimum Gasteiger partial charge on any atom is -0.461 e. The Kier molecular flexibility index (Phi) is 15.4. The molecule has 0 radical (unpaired) electrons. The summed E-state index contributed by atoms with van der Waals surface area (Å²) >= 11 is 7.09. The Hall–Kier alpha value is -5.36. The molecule has 0 fully saturated rings. The van der Waals surface area contributed by atoms with E-state index in [4.69, 9.17) is 16.3 Å². The Morgan fingerprint density at radius 1 is 0.969 bits per heavy atom. The number of halogens is 4. The maximum atomic E-state index is 14.4. The topological polar surface area (TPSA) is 148 Å². The summed E-state index contributed by atoms with van der Waals surface area (Å²) in [6.45, 7) is 8.03. The van der Waals surface area contributed by atoms with Crippen molar-refractivity contribution in [3.8, 4) is 5.69 Å². The van der Waals surface area contributed by atoms with E-state index in [1.807, 2.05) is 44.2 Å². The van der Waals surface area contributed by atoms with Gasteiger partial charge < -0.3 is 15.0 Å². The summed E-state index contributed by atoms with van der Waals surface area (Å²) in [5.74, 6) is -2.03. The fourth-order valence-corrected chi connectivity index (χ4v) is 11.3. The number of carbonyl (C=O) groups excluding carboxylic acids is 4. The van der Waals surface area contributed by atoms with Crippen LogP contribution in [0.25, 0.3) is 5.69 Å². The summed E-state index contributed by atoms with van der Waals surface area (Å²) in [6.07, 6.45) is 0.504. The fourth-order valence-electron chi connectivity index (χ4n) is 7.72. The summed E-state index contributed by atoms with van der Waals surface area (Å²) < 4.78 is 77.5. The standard InChI is InChI=1S/C47H51ClF3N5O7S2/c1-6-33(7-2)56(23-22-54(5)40(57)18-19-41(58)63-29-30-12-9-8-10-13-30)65(61,62)35-15-11-14-31(24-35)44(60)53-45-42(36-20-21-46(3,4)26-39(36)64-45)43(59)32-27-52-55(28-32)34-16-17-38(48)37(25-34)47(49,50)51/h8-17,24-25,27-28,33H,6-7,18-23,26,29H2,1-5H3,(H,53,60). The number of aromatic nitrogens is 2. The molecule has 65 heavy (non-hydrogen) atoms. The van der Waals surface area contributed by atoms with Crippen LogP contribution in [0.1, 0.15) is 108 Å². The van der Waals surface area contributed by atoms with Crippen molar-refractivity contribution in [2.24, 2.45) is 5.41 Å². The molecule has 18 heteroatoms. The highest BCUT2D eigenvalue weighted by Gasteiger charge is 2.36. The third-order valence-corrected chi connectivity index (χ3v) is 14.9. The lowest BCUT2D eigenvalue weighted by Gasteiger charge is -2.31. The summed E-state index contributed by atoms with van der Waals surface area (Å²) in [5, 5.41) is 6.84. The van der Waals surface area contributed by atoms with E-state index in [1.165, 1.54) is 63.3 Å². The highest BCUT2D eigenvalue weighted by molar-refractivity contribution is 7.89. The number of thiophene rings is 1. The van der Waals surface area contributed by atoms with Gasteiger partial charge in [0.1, 0.15) is 11.6 Å². The molecule has 0 atom stereocenters. The third-order valence-electron chi connectivity index (χ3n) is 11.5. The van der Waals surface area contributed by atoms with Crippen LogP contribution in [-0.4, -0.2) is 77.1 Å². The van der Waals surface area contributed by atoms with Crippen LogP contribution in [0.2, 0.25) is 5.02 Å². The Labute approximate surface area is 385 Å². The van der Waals surface area contributed by atoms with Gasteiger partial charge in [-0.25, -0.2) is 13.1 Å². The first-order valence-electron chi connectivity index (χ1n) is 21.2. The number of benzene rings is 3. The summed E-state index contributed by atoms with van der Waals surface area (Å²) in [7, 11) is -2.69. The van der Waals surface area contributed by atoms with Crippen molar-refractivity contribution in [1.82, 2.24) is 19.0 Å². The number of esters is 1. The third kappa shape index (κ3) is 11.7. The van der Waals surface area contributed by atoms with Crippen molar-refractivity contribution < 1.29 is 45.5 Å². The van der Waals surface area contributed by atoms with Gasteiger partial charge in [-0.3, -0.25) is 19.2 Å². The number of nitrogens with one attached hydrogen (secondary N) is 1. The van der Waals surface area contributed by atoms with E-state index in [2.05, 4.69) is 24.3 Å². The van der Waals surface area contributed by atoms with Gasteiger partial charge >= 0.3 is 12.1 Å². The molecular weight excluding hydrogens is 903 g/mol. The van der Waals surface area contributed by atoms with Gasteiger partial charge in [-0.05, 0) is 85.0 Å². The molecule has 1 N–H and O–H groups in total. The van der Waals surface area contributed by atoms with Gasteiger partial charge in [0.25, 0.3) is 5.91 Å². The lowest BCUT2D eigenvalue weighted by molar-refractivity contribution is -0.147. The number of fused-ring (bicyclic) bond motifs is 1. The maximum absolute atomic E-state index is 14.4. The van der Waals surface area contributed by atoms with Gasteiger partial charge in [0, 0.05) is 49.2 Å². The second-order valence-corrected chi connectivity index (χ2v) is 20.1. The highest BCUT2D eigenvalue weighted by atomic mass is 35.5. The smallest absolute Gasteiger partial charge is 0.417 e. The summed E-state index contributed by atoms with van der Waals surface area (Å²) in [4.78, 5) is 56.0. The van der Waals surface area contributed by atoms with Crippen LogP contribution < -0.4 is 5.32 Å². The molecule has 2 heterocycles. The largest absolute Gasteiger partial charge is 0.461 e. The van der Waals surface area contributed by atoms with Crippen LogP contribution in [0.5, 0.6) is 0 Å². The normalized spacial score (nSPS) is 13.7. The molecule has 6 rings (SSSR count). The first-order valence-corrected chi connectivity index (χ1v) is 23.8. The van der Waals surface area contributed by atoms with Gasteiger partial charge in [0.15, 0.2) is 5.78 Å². The van der Waals surface area contributed by atoms with Crippen LogP contribution >= 0.6 is 22.9 Å². The molecule has 1 aliphatic rings. The molecule has 2 amide bonds. The van der Waals surface area contributed by atoms with Gasteiger partial charge in [-0.1, -0.05) is 75.7 Å². The van der Waals surface area contributed by atoms with E-state index in [9.17, 15) is 40.8 Å². The molecule has 0 unspecified atom stereocenters. The average Bonchev–Trinajstić information content (AvgIpc) is 3.90. The van der Waals surface area contributed by atoms with Gasteiger partial charge in [-0.15, -0.1) is 11.3 Å². The van der Waals surface area contributed by atoms with E-state index in [0.29, 0.717) is 25.7 Å². The quantitative estimate of drug-likeness (QED) is 0.0675. The lowest BCUT2D eigenvalue weighted by atomic mass is 9.76. The van der Waals surface area contributed by atoms with E-state index in [-0.39, 0.29) is 76.1 Å². The number of anilines is 1. The summed E-state index contributed by atoms with van der Waals surface area (Å²) in [6, 6.07) is 17.6.